The minimum Gasteiger partial charge on any atom is -0.490 e. The summed E-state index contributed by atoms with van der Waals surface area (Å²) in [6, 6.07) is 17.9. The smallest absolute Gasteiger partial charge is 0.119 e. The predicted molar refractivity (Wildman–Crippen MR) is 79.8 cm³/mol. The van der Waals surface area contributed by atoms with Crippen LogP contribution in [0.2, 0.25) is 0 Å². The van der Waals surface area contributed by atoms with Gasteiger partial charge in [-0.05, 0) is 43.0 Å². The molecule has 2 nitrogen and oxygen atoms in total. The van der Waals surface area contributed by atoms with Gasteiger partial charge in [0.1, 0.15) is 5.75 Å². The molecule has 1 aliphatic rings. The van der Waals surface area contributed by atoms with E-state index >= 15 is 0 Å². The number of ether oxygens (including phenoxy) is 1. The number of hydrogen-bond donors (Lipinski definition) is 1. The molecular formula is C18H20O2. The Bertz CT molecular complexity index is 554. The Morgan fingerprint density at radius 1 is 1.05 bits per heavy atom. The van der Waals surface area contributed by atoms with Crippen molar-refractivity contribution in [1.82, 2.24) is 0 Å². The fourth-order valence-electron chi connectivity index (χ4n) is 2.37. The van der Waals surface area contributed by atoms with Crippen LogP contribution in [0.5, 0.6) is 5.75 Å². The maximum absolute atomic E-state index is 10.7. The number of benzene rings is 2. The lowest BCUT2D eigenvalue weighted by Crippen LogP contribution is -2.24. The van der Waals surface area contributed by atoms with E-state index in [1.54, 1.807) is 0 Å². The Morgan fingerprint density at radius 2 is 1.70 bits per heavy atom. The average molecular weight is 268 g/mol. The van der Waals surface area contributed by atoms with Gasteiger partial charge in [0.25, 0.3) is 0 Å². The maximum Gasteiger partial charge on any atom is 0.119 e. The van der Waals surface area contributed by atoms with Crippen molar-refractivity contribution in [3.05, 3.63) is 65.7 Å². The molecule has 0 spiro atoms. The highest BCUT2D eigenvalue weighted by atomic mass is 16.5. The molecule has 104 valence electrons. The average Bonchev–Trinajstić information content (AvgIpc) is 3.24. The van der Waals surface area contributed by atoms with Gasteiger partial charge in [-0.2, -0.15) is 0 Å². The van der Waals surface area contributed by atoms with Crippen molar-refractivity contribution in [2.24, 2.45) is 0 Å². The van der Waals surface area contributed by atoms with E-state index in [2.05, 4.69) is 0 Å². The van der Waals surface area contributed by atoms with Crippen molar-refractivity contribution in [3.63, 3.8) is 0 Å². The second kappa shape index (κ2) is 5.29. The van der Waals surface area contributed by atoms with Gasteiger partial charge in [0.05, 0.1) is 11.7 Å². The van der Waals surface area contributed by atoms with E-state index < -0.39 is 5.60 Å². The highest BCUT2D eigenvalue weighted by molar-refractivity contribution is 5.32. The molecule has 2 heteroatoms. The lowest BCUT2D eigenvalue weighted by Gasteiger charge is -2.24. The van der Waals surface area contributed by atoms with Crippen LogP contribution in [0.3, 0.4) is 0 Å². The van der Waals surface area contributed by atoms with Crippen LogP contribution in [0.25, 0.3) is 0 Å². The van der Waals surface area contributed by atoms with Crippen LogP contribution in [0.15, 0.2) is 54.6 Å². The monoisotopic (exact) mass is 268 g/mol. The molecule has 1 atom stereocenters. The van der Waals surface area contributed by atoms with Crippen molar-refractivity contribution in [3.8, 4) is 5.75 Å². The largest absolute Gasteiger partial charge is 0.490 e. The second-order valence-corrected chi connectivity index (χ2v) is 5.78. The van der Waals surface area contributed by atoms with Crippen LogP contribution < -0.4 is 4.74 Å². The first-order valence-corrected chi connectivity index (χ1v) is 7.17. The molecule has 2 aromatic carbocycles. The predicted octanol–water partition coefficient (Wildman–Crippen LogP) is 3.68. The summed E-state index contributed by atoms with van der Waals surface area (Å²) in [6.07, 6.45) is 3.34. The normalized spacial score (nSPS) is 17.5. The Kier molecular flexibility index (Phi) is 3.49. The third kappa shape index (κ3) is 3.20. The molecule has 1 fully saturated rings. The van der Waals surface area contributed by atoms with Crippen LogP contribution >= 0.6 is 0 Å². The summed E-state index contributed by atoms with van der Waals surface area (Å²) < 4.78 is 5.73. The lowest BCUT2D eigenvalue weighted by molar-refractivity contribution is 0.0576. The molecular weight excluding hydrogens is 248 g/mol. The van der Waals surface area contributed by atoms with Gasteiger partial charge >= 0.3 is 0 Å². The first kappa shape index (κ1) is 13.2. The zero-order chi connectivity index (χ0) is 14.0. The maximum atomic E-state index is 10.7. The van der Waals surface area contributed by atoms with E-state index in [-0.39, 0.29) is 0 Å². The van der Waals surface area contributed by atoms with Gasteiger partial charge in [0.15, 0.2) is 0 Å². The summed E-state index contributed by atoms with van der Waals surface area (Å²) >= 11 is 0. The highest BCUT2D eigenvalue weighted by Gasteiger charge is 2.25. The first-order valence-electron chi connectivity index (χ1n) is 7.17. The molecule has 0 heterocycles. The summed E-state index contributed by atoms with van der Waals surface area (Å²) in [6.45, 7) is 1.86. The molecule has 1 unspecified atom stereocenters. The van der Waals surface area contributed by atoms with E-state index in [0.29, 0.717) is 12.5 Å². The molecule has 0 bridgehead atoms. The Morgan fingerprint density at radius 3 is 2.30 bits per heavy atom. The standard InChI is InChI=1S/C18H20O2/c1-18(19,13-14-5-3-2-4-6-14)15-7-9-16(10-8-15)20-17-11-12-17/h2-10,17,19H,11-13H2,1H3. The Balaban J connectivity index is 1.72. The minimum atomic E-state index is -0.862. The van der Waals surface area contributed by atoms with Gasteiger partial charge < -0.3 is 9.84 Å². The fraction of sp³-hybridized carbons (Fsp3) is 0.333. The molecule has 0 saturated heterocycles. The molecule has 1 saturated carbocycles. The number of rotatable bonds is 5. The molecule has 2 aromatic rings. The van der Waals surface area contributed by atoms with E-state index in [1.165, 1.54) is 0 Å². The summed E-state index contributed by atoms with van der Waals surface area (Å²) in [5, 5.41) is 10.7. The molecule has 0 aromatic heterocycles. The first-order chi connectivity index (χ1) is 9.63. The molecule has 0 amide bonds. The van der Waals surface area contributed by atoms with Gasteiger partial charge in [0.2, 0.25) is 0 Å². The van der Waals surface area contributed by atoms with Gasteiger partial charge in [-0.15, -0.1) is 0 Å². The van der Waals surface area contributed by atoms with Crippen LogP contribution in [0.1, 0.15) is 30.9 Å². The molecule has 3 rings (SSSR count). The summed E-state index contributed by atoms with van der Waals surface area (Å²) in [5.74, 6) is 0.895. The molecule has 0 radical (unpaired) electrons. The van der Waals surface area contributed by atoms with E-state index in [9.17, 15) is 5.11 Å². The SMILES string of the molecule is CC(O)(Cc1ccccc1)c1ccc(OC2CC2)cc1. The van der Waals surface area contributed by atoms with Gasteiger partial charge in [-0.3, -0.25) is 0 Å². The van der Waals surface area contributed by atoms with Crippen molar-refractivity contribution in [1.29, 1.82) is 0 Å². The van der Waals surface area contributed by atoms with Crippen LogP contribution in [0, 0.1) is 0 Å². The zero-order valence-corrected chi connectivity index (χ0v) is 11.8. The number of aliphatic hydroxyl groups is 1. The Labute approximate surface area is 120 Å². The van der Waals surface area contributed by atoms with Crippen molar-refractivity contribution in [2.45, 2.75) is 37.9 Å². The molecule has 0 aliphatic heterocycles. The lowest BCUT2D eigenvalue weighted by atomic mass is 9.89. The van der Waals surface area contributed by atoms with Crippen LogP contribution in [-0.4, -0.2) is 11.2 Å². The quantitative estimate of drug-likeness (QED) is 0.896. The topological polar surface area (TPSA) is 29.5 Å². The third-order valence-corrected chi connectivity index (χ3v) is 3.69. The molecule has 20 heavy (non-hydrogen) atoms. The van der Waals surface area contributed by atoms with E-state index in [0.717, 1.165) is 29.7 Å². The van der Waals surface area contributed by atoms with E-state index in [4.69, 9.17) is 4.74 Å². The summed E-state index contributed by atoms with van der Waals surface area (Å²) in [5.41, 5.74) is 1.19. The second-order valence-electron chi connectivity index (χ2n) is 5.78. The fourth-order valence-corrected chi connectivity index (χ4v) is 2.37. The Hall–Kier alpha value is -1.80. The summed E-state index contributed by atoms with van der Waals surface area (Å²) in [4.78, 5) is 0. The zero-order valence-electron chi connectivity index (χ0n) is 11.8. The van der Waals surface area contributed by atoms with Gasteiger partial charge in [-0.1, -0.05) is 42.5 Å². The van der Waals surface area contributed by atoms with Crippen molar-refractivity contribution in [2.75, 3.05) is 0 Å². The van der Waals surface area contributed by atoms with Gasteiger partial charge in [-0.25, -0.2) is 0 Å². The van der Waals surface area contributed by atoms with Crippen molar-refractivity contribution >= 4 is 0 Å². The molecule has 1 N–H and O–H groups in total. The highest BCUT2D eigenvalue weighted by Crippen LogP contribution is 2.30. The number of hydrogen-bond acceptors (Lipinski definition) is 2. The van der Waals surface area contributed by atoms with E-state index in [1.807, 2.05) is 61.5 Å². The van der Waals surface area contributed by atoms with Crippen LogP contribution in [-0.2, 0) is 12.0 Å². The van der Waals surface area contributed by atoms with Gasteiger partial charge in [0, 0.05) is 6.42 Å². The summed E-state index contributed by atoms with van der Waals surface area (Å²) in [7, 11) is 0. The third-order valence-electron chi connectivity index (χ3n) is 3.69. The van der Waals surface area contributed by atoms with Crippen molar-refractivity contribution < 1.29 is 9.84 Å². The van der Waals surface area contributed by atoms with Crippen LogP contribution in [0.4, 0.5) is 0 Å². The minimum absolute atomic E-state index is 0.408. The molecule has 1 aliphatic carbocycles.